The number of hydrogen-bond donors (Lipinski definition) is 1. The van der Waals surface area contributed by atoms with Gasteiger partial charge in [0.05, 0.1) is 7.11 Å². The SMILES string of the molecule is COc1cccc(N[C]=O)c1C. The summed E-state index contributed by atoms with van der Waals surface area (Å²) in [5.74, 6) is 0.759. The predicted octanol–water partition coefficient (Wildman–Crippen LogP) is 1.48. The van der Waals surface area contributed by atoms with Gasteiger partial charge in [0, 0.05) is 11.3 Å². The first-order chi connectivity index (χ1) is 5.79. The van der Waals surface area contributed by atoms with E-state index in [9.17, 15) is 4.79 Å². The molecule has 1 amide bonds. The van der Waals surface area contributed by atoms with Gasteiger partial charge in [-0.05, 0) is 19.1 Å². The fourth-order valence-corrected chi connectivity index (χ4v) is 1.03. The normalized spacial score (nSPS) is 9.17. The van der Waals surface area contributed by atoms with Crippen molar-refractivity contribution in [1.29, 1.82) is 0 Å². The van der Waals surface area contributed by atoms with E-state index in [0.717, 1.165) is 17.0 Å². The van der Waals surface area contributed by atoms with Crippen LogP contribution in [0.3, 0.4) is 0 Å². The summed E-state index contributed by atoms with van der Waals surface area (Å²) in [5, 5.41) is 2.46. The lowest BCUT2D eigenvalue weighted by atomic mass is 10.2. The van der Waals surface area contributed by atoms with Crippen molar-refractivity contribution in [2.75, 3.05) is 12.4 Å². The van der Waals surface area contributed by atoms with E-state index in [4.69, 9.17) is 4.74 Å². The number of carbonyl (C=O) groups excluding carboxylic acids is 1. The highest BCUT2D eigenvalue weighted by atomic mass is 16.5. The number of amides is 1. The predicted molar refractivity (Wildman–Crippen MR) is 47.0 cm³/mol. The van der Waals surface area contributed by atoms with Gasteiger partial charge >= 0.3 is 6.41 Å². The van der Waals surface area contributed by atoms with Gasteiger partial charge < -0.3 is 10.1 Å². The molecule has 0 aromatic heterocycles. The van der Waals surface area contributed by atoms with E-state index in [2.05, 4.69) is 5.32 Å². The molecule has 1 aromatic carbocycles. The monoisotopic (exact) mass is 164 g/mol. The molecule has 0 bridgehead atoms. The molecule has 1 radical (unpaired) electrons. The molecule has 0 aliphatic rings. The molecule has 0 aliphatic heterocycles. The van der Waals surface area contributed by atoms with Gasteiger partial charge in [0.1, 0.15) is 5.75 Å². The maximum atomic E-state index is 10.0. The van der Waals surface area contributed by atoms with Crippen LogP contribution in [0.1, 0.15) is 5.56 Å². The molecular formula is C9H10NO2. The summed E-state index contributed by atoms with van der Waals surface area (Å²) in [7, 11) is 1.59. The third-order valence-corrected chi connectivity index (χ3v) is 1.69. The number of hydrogen-bond acceptors (Lipinski definition) is 2. The average molecular weight is 164 g/mol. The highest BCUT2D eigenvalue weighted by molar-refractivity contribution is 5.75. The highest BCUT2D eigenvalue weighted by Gasteiger charge is 2.01. The molecule has 1 N–H and O–H groups in total. The molecule has 0 heterocycles. The number of benzene rings is 1. The third kappa shape index (κ3) is 1.56. The Hall–Kier alpha value is -1.51. The minimum atomic E-state index is 0.726. The van der Waals surface area contributed by atoms with Crippen molar-refractivity contribution in [2.45, 2.75) is 6.92 Å². The Morgan fingerprint density at radius 1 is 1.50 bits per heavy atom. The van der Waals surface area contributed by atoms with Crippen LogP contribution in [0.25, 0.3) is 0 Å². The van der Waals surface area contributed by atoms with Gasteiger partial charge in [0.25, 0.3) is 0 Å². The number of nitrogens with one attached hydrogen (secondary N) is 1. The van der Waals surface area contributed by atoms with Crippen molar-refractivity contribution < 1.29 is 9.53 Å². The van der Waals surface area contributed by atoms with Crippen LogP contribution >= 0.6 is 0 Å². The second-order valence-electron chi connectivity index (χ2n) is 2.36. The lowest BCUT2D eigenvalue weighted by Gasteiger charge is -2.07. The van der Waals surface area contributed by atoms with Crippen molar-refractivity contribution in [2.24, 2.45) is 0 Å². The lowest BCUT2D eigenvalue weighted by Crippen LogP contribution is -1.97. The van der Waals surface area contributed by atoms with E-state index >= 15 is 0 Å². The van der Waals surface area contributed by atoms with Gasteiger partial charge in [-0.3, -0.25) is 4.79 Å². The van der Waals surface area contributed by atoms with E-state index in [1.165, 1.54) is 0 Å². The van der Waals surface area contributed by atoms with E-state index in [0.29, 0.717) is 0 Å². The zero-order valence-corrected chi connectivity index (χ0v) is 7.05. The molecule has 63 valence electrons. The van der Waals surface area contributed by atoms with Crippen molar-refractivity contribution in [3.8, 4) is 5.75 Å². The average Bonchev–Trinajstić information content (AvgIpc) is 2.09. The second-order valence-corrected chi connectivity index (χ2v) is 2.36. The van der Waals surface area contributed by atoms with E-state index in [1.807, 2.05) is 19.1 Å². The van der Waals surface area contributed by atoms with Crippen LogP contribution in [0.2, 0.25) is 0 Å². The summed E-state index contributed by atoms with van der Waals surface area (Å²) in [5.41, 5.74) is 1.63. The molecule has 0 atom stereocenters. The summed E-state index contributed by atoms with van der Waals surface area (Å²) in [6, 6.07) is 5.44. The van der Waals surface area contributed by atoms with Gasteiger partial charge in [-0.15, -0.1) is 0 Å². The topological polar surface area (TPSA) is 38.3 Å². The van der Waals surface area contributed by atoms with Crippen LogP contribution in [-0.2, 0) is 4.79 Å². The summed E-state index contributed by atoms with van der Waals surface area (Å²) >= 11 is 0. The van der Waals surface area contributed by atoms with E-state index in [-0.39, 0.29) is 0 Å². The zero-order valence-electron chi connectivity index (χ0n) is 7.05. The fraction of sp³-hybridized carbons (Fsp3) is 0.222. The van der Waals surface area contributed by atoms with Gasteiger partial charge in [0.15, 0.2) is 0 Å². The van der Waals surface area contributed by atoms with E-state index < -0.39 is 0 Å². The molecule has 0 fully saturated rings. The van der Waals surface area contributed by atoms with Crippen LogP contribution in [-0.4, -0.2) is 13.5 Å². The Balaban J connectivity index is 3.04. The number of ether oxygens (including phenoxy) is 1. The standard InChI is InChI=1S/C9H10NO2/c1-7-8(10-6-11)4-3-5-9(7)12-2/h3-5H,1-2H3,(H,10,11). The van der Waals surface area contributed by atoms with Crippen LogP contribution in [0, 0.1) is 6.92 Å². The second kappa shape index (κ2) is 3.76. The molecule has 0 aliphatic carbocycles. The molecule has 12 heavy (non-hydrogen) atoms. The molecule has 0 spiro atoms. The summed E-state index contributed by atoms with van der Waals surface area (Å²) in [6.45, 7) is 1.87. The Morgan fingerprint density at radius 2 is 2.25 bits per heavy atom. The maximum absolute atomic E-state index is 10.0. The van der Waals surface area contributed by atoms with Crippen molar-refractivity contribution >= 4 is 12.1 Å². The molecule has 1 aromatic rings. The zero-order chi connectivity index (χ0) is 8.97. The maximum Gasteiger partial charge on any atom is 0.314 e. The first kappa shape index (κ1) is 8.59. The van der Waals surface area contributed by atoms with Crippen molar-refractivity contribution in [3.05, 3.63) is 23.8 Å². The molecule has 3 nitrogen and oxygen atoms in total. The van der Waals surface area contributed by atoms with Gasteiger partial charge in [-0.25, -0.2) is 0 Å². The number of methoxy groups -OCH3 is 1. The minimum Gasteiger partial charge on any atom is -0.496 e. The van der Waals surface area contributed by atoms with Gasteiger partial charge in [-0.2, -0.15) is 0 Å². The first-order valence-corrected chi connectivity index (χ1v) is 3.56. The van der Waals surface area contributed by atoms with Crippen LogP contribution < -0.4 is 10.1 Å². The van der Waals surface area contributed by atoms with Crippen molar-refractivity contribution in [3.63, 3.8) is 0 Å². The summed E-state index contributed by atoms with van der Waals surface area (Å²) in [6.07, 6.45) is 1.62. The number of anilines is 1. The largest absolute Gasteiger partial charge is 0.496 e. The molecule has 0 saturated carbocycles. The van der Waals surface area contributed by atoms with E-state index in [1.54, 1.807) is 19.6 Å². The summed E-state index contributed by atoms with van der Waals surface area (Å²) in [4.78, 5) is 10.0. The van der Waals surface area contributed by atoms with Crippen LogP contribution in [0.15, 0.2) is 18.2 Å². The van der Waals surface area contributed by atoms with Gasteiger partial charge in [-0.1, -0.05) is 6.07 Å². The van der Waals surface area contributed by atoms with Crippen LogP contribution in [0.5, 0.6) is 5.75 Å². The lowest BCUT2D eigenvalue weighted by molar-refractivity contribution is 0.412. The smallest absolute Gasteiger partial charge is 0.314 e. The quantitative estimate of drug-likeness (QED) is 0.687. The van der Waals surface area contributed by atoms with Gasteiger partial charge in [0.2, 0.25) is 0 Å². The molecule has 1 rings (SSSR count). The molecule has 0 saturated heterocycles. The van der Waals surface area contributed by atoms with Crippen molar-refractivity contribution in [1.82, 2.24) is 0 Å². The first-order valence-electron chi connectivity index (χ1n) is 3.56. The molecule has 3 heteroatoms. The Morgan fingerprint density at radius 3 is 2.83 bits per heavy atom. The minimum absolute atomic E-state index is 0.726. The fourth-order valence-electron chi connectivity index (χ4n) is 1.03. The molecular weight excluding hydrogens is 154 g/mol. The molecule has 0 unspecified atom stereocenters. The third-order valence-electron chi connectivity index (χ3n) is 1.69. The Kier molecular flexibility index (Phi) is 2.69. The highest BCUT2D eigenvalue weighted by Crippen LogP contribution is 2.24. The summed E-state index contributed by atoms with van der Waals surface area (Å²) < 4.78 is 5.06. The number of rotatable bonds is 3. The Labute approximate surface area is 71.4 Å². The Bertz CT molecular complexity index is 284. The van der Waals surface area contributed by atoms with Crippen LogP contribution in [0.4, 0.5) is 5.69 Å².